The maximum Gasteiger partial charge on any atom is 0.417 e. The second-order valence-electron chi connectivity index (χ2n) is 15.2. The van der Waals surface area contributed by atoms with E-state index in [4.69, 9.17) is 23.2 Å². The molecule has 1 saturated carbocycles. The van der Waals surface area contributed by atoms with Crippen molar-refractivity contribution in [2.45, 2.75) is 30.4 Å². The fourth-order valence-corrected chi connectivity index (χ4v) is 10.1. The van der Waals surface area contributed by atoms with Gasteiger partial charge in [0.15, 0.2) is 5.82 Å². The number of hydrogen-bond acceptors (Lipinski definition) is 9. The normalized spacial score (nSPS) is 24.9. The van der Waals surface area contributed by atoms with E-state index in [0.29, 0.717) is 44.2 Å². The summed E-state index contributed by atoms with van der Waals surface area (Å²) in [5, 5.41) is 33.6. The van der Waals surface area contributed by atoms with Crippen LogP contribution in [-0.2, 0) is 30.8 Å². The highest BCUT2D eigenvalue weighted by molar-refractivity contribution is 6.33. The van der Waals surface area contributed by atoms with Crippen molar-refractivity contribution >= 4 is 75.1 Å². The van der Waals surface area contributed by atoms with Gasteiger partial charge < -0.3 is 15.3 Å². The first-order valence-corrected chi connectivity index (χ1v) is 19.3. The fourth-order valence-electron chi connectivity index (χ4n) is 9.73. The Kier molecular flexibility index (Phi) is 8.99. The number of halogens is 5. The summed E-state index contributed by atoms with van der Waals surface area (Å²) in [4.78, 5) is 75.5. The van der Waals surface area contributed by atoms with Gasteiger partial charge in [-0.1, -0.05) is 83.4 Å². The number of hydrogen-bond donors (Lipinski definition) is 4. The zero-order valence-electron chi connectivity index (χ0n) is 30.7. The quantitative estimate of drug-likeness (QED) is 0.0971. The molecule has 17 heteroatoms. The van der Waals surface area contributed by atoms with Gasteiger partial charge in [0.2, 0.25) is 11.8 Å². The van der Waals surface area contributed by atoms with Crippen LogP contribution in [0.3, 0.4) is 0 Å². The first-order valence-electron chi connectivity index (χ1n) is 18.5. The molecule has 304 valence electrons. The Morgan fingerprint density at radius 2 is 1.62 bits per heavy atom. The highest BCUT2D eigenvalue weighted by Crippen LogP contribution is 2.65. The summed E-state index contributed by atoms with van der Waals surface area (Å²) in [7, 11) is 0. The standard InChI is InChI=1S/C43H29Cl2F3N4O8/c44-22-8-6-20(7-9-22)42-30(38(56)52(41(42)60)50-36-31(45)15-21(18-49-36)43(46,47)48)17-29-25(34(42)28-11-5-19-3-1-2-4-24(19)35(28)54)13-14-27-33(29)39(57)51(37(27)55)23-10-12-26(40(58)59)32(53)16-23/h1-13,15-16,18,27,29-30,33-34,53-54H,14,17H2,(H,49,50)(H,58,59)/t27-,29+,30-,33-,34+,42+/m0/s1. The summed E-state index contributed by atoms with van der Waals surface area (Å²) in [6.45, 7) is 0. The second kappa shape index (κ2) is 13.8. The number of benzene rings is 4. The summed E-state index contributed by atoms with van der Waals surface area (Å²) in [6.07, 6.45) is -2.73. The van der Waals surface area contributed by atoms with E-state index in [1.165, 1.54) is 18.2 Å². The van der Waals surface area contributed by atoms with Gasteiger partial charge >= 0.3 is 12.1 Å². The fraction of sp³-hybridized carbons (Fsp3) is 0.209. The van der Waals surface area contributed by atoms with Crippen molar-refractivity contribution in [3.8, 4) is 11.5 Å². The minimum absolute atomic E-state index is 0.00183. The second-order valence-corrected chi connectivity index (χ2v) is 16.0. The summed E-state index contributed by atoms with van der Waals surface area (Å²) in [5.41, 5.74) is 0.00109. The molecule has 12 nitrogen and oxygen atoms in total. The Morgan fingerprint density at radius 1 is 0.883 bits per heavy atom. The van der Waals surface area contributed by atoms with Gasteiger partial charge in [0, 0.05) is 34.2 Å². The predicted octanol–water partition coefficient (Wildman–Crippen LogP) is 7.86. The lowest BCUT2D eigenvalue weighted by Gasteiger charge is -2.50. The van der Waals surface area contributed by atoms with Gasteiger partial charge in [-0.05, 0) is 60.0 Å². The molecule has 0 radical (unpaired) electrons. The zero-order valence-corrected chi connectivity index (χ0v) is 32.2. The highest BCUT2D eigenvalue weighted by Gasteiger charge is 2.71. The summed E-state index contributed by atoms with van der Waals surface area (Å²) in [5.74, 6) is -11.2. The molecule has 2 saturated heterocycles. The van der Waals surface area contributed by atoms with Gasteiger partial charge in [0.25, 0.3) is 11.8 Å². The van der Waals surface area contributed by atoms with E-state index in [1.54, 1.807) is 54.6 Å². The maximum absolute atomic E-state index is 15.5. The number of aromatic carboxylic acids is 1. The number of nitrogens with one attached hydrogen (secondary N) is 1. The van der Waals surface area contributed by atoms with Crippen LogP contribution in [0, 0.1) is 23.7 Å². The van der Waals surface area contributed by atoms with Crippen molar-refractivity contribution in [2.24, 2.45) is 23.7 Å². The van der Waals surface area contributed by atoms with Crippen LogP contribution in [0.4, 0.5) is 24.7 Å². The number of hydrazine groups is 1. The minimum Gasteiger partial charge on any atom is -0.507 e. The average Bonchev–Trinajstić information content (AvgIpc) is 3.59. The van der Waals surface area contributed by atoms with E-state index in [0.717, 1.165) is 17.0 Å². The smallest absolute Gasteiger partial charge is 0.417 e. The Balaban J connectivity index is 1.24. The number of rotatable bonds is 6. The molecule has 4 amide bonds. The van der Waals surface area contributed by atoms with Gasteiger partial charge in [-0.2, -0.15) is 18.2 Å². The van der Waals surface area contributed by atoms with E-state index >= 15 is 4.79 Å². The number of carboxylic acids is 1. The van der Waals surface area contributed by atoms with Crippen molar-refractivity contribution in [2.75, 3.05) is 10.3 Å². The summed E-state index contributed by atoms with van der Waals surface area (Å²) < 4.78 is 40.7. The number of amides is 4. The number of fused-ring (bicyclic) bond motifs is 5. The van der Waals surface area contributed by atoms with Crippen molar-refractivity contribution < 1.29 is 52.5 Å². The van der Waals surface area contributed by atoms with Gasteiger partial charge in [-0.25, -0.2) is 14.7 Å². The molecule has 0 spiro atoms. The topological polar surface area (TPSA) is 177 Å². The number of carboxylic acid groups (broad SMARTS) is 1. The largest absolute Gasteiger partial charge is 0.507 e. The summed E-state index contributed by atoms with van der Waals surface area (Å²) >= 11 is 12.6. The lowest BCUT2D eigenvalue weighted by molar-refractivity contribution is -0.139. The molecule has 9 rings (SSSR count). The van der Waals surface area contributed by atoms with Crippen LogP contribution in [0.1, 0.15) is 45.8 Å². The molecule has 0 unspecified atom stereocenters. The predicted molar refractivity (Wildman–Crippen MR) is 210 cm³/mol. The lowest BCUT2D eigenvalue weighted by atomic mass is 9.49. The third-order valence-electron chi connectivity index (χ3n) is 12.3. The maximum atomic E-state index is 15.5. The molecule has 5 aromatic rings. The van der Waals surface area contributed by atoms with E-state index in [1.807, 2.05) is 0 Å². The van der Waals surface area contributed by atoms with Gasteiger partial charge in [-0.15, -0.1) is 0 Å². The van der Waals surface area contributed by atoms with Crippen molar-refractivity contribution in [1.29, 1.82) is 0 Å². The molecule has 2 aliphatic heterocycles. The number of nitrogens with zero attached hydrogens (tertiary/aromatic N) is 3. The van der Waals surface area contributed by atoms with Gasteiger partial charge in [-0.3, -0.25) is 24.6 Å². The van der Waals surface area contributed by atoms with E-state index < -0.39 is 98.5 Å². The van der Waals surface area contributed by atoms with E-state index in [2.05, 4.69) is 10.4 Å². The molecule has 4 aliphatic rings. The van der Waals surface area contributed by atoms with Gasteiger partial charge in [0.1, 0.15) is 17.1 Å². The van der Waals surface area contributed by atoms with Crippen molar-refractivity contribution in [3.05, 3.63) is 135 Å². The number of phenolic OH excluding ortho intramolecular Hbond substituents is 1. The van der Waals surface area contributed by atoms with Crippen LogP contribution < -0.4 is 10.3 Å². The van der Waals surface area contributed by atoms with E-state index in [9.17, 15) is 47.7 Å². The Morgan fingerprint density at radius 3 is 2.30 bits per heavy atom. The number of aromatic nitrogens is 1. The van der Waals surface area contributed by atoms with Crippen LogP contribution in [0.2, 0.25) is 10.0 Å². The number of pyridine rings is 1. The molecule has 4 N–H and O–H groups in total. The van der Waals surface area contributed by atoms with Crippen LogP contribution in [0.5, 0.6) is 11.5 Å². The third kappa shape index (κ3) is 5.66. The third-order valence-corrected chi connectivity index (χ3v) is 12.8. The molecule has 6 atom stereocenters. The SMILES string of the molecule is O=C(O)c1ccc(N2C(=O)[C@H]3[C@H](CC=C4[C@H]3C[C@H]3C(=O)N(Nc5ncc(C(F)(F)F)cc5Cl)C(=O)[C@@]3(c3ccc(Cl)cc3)[C@H]4c3ccc4ccccc4c3O)C2=O)cc1O. The molecule has 1 aromatic heterocycles. The number of aromatic hydroxyl groups is 2. The highest BCUT2D eigenvalue weighted by atomic mass is 35.5. The van der Waals surface area contributed by atoms with E-state index in [-0.39, 0.29) is 29.8 Å². The number of carbonyl (C=O) groups excluding carboxylic acids is 4. The monoisotopic (exact) mass is 856 g/mol. The molecular formula is C43H29Cl2F3N4O8. The molecule has 0 bridgehead atoms. The van der Waals surface area contributed by atoms with Crippen molar-refractivity contribution in [1.82, 2.24) is 9.99 Å². The molecular weight excluding hydrogens is 828 g/mol. The Bertz CT molecular complexity index is 2760. The first-order chi connectivity index (χ1) is 28.5. The first kappa shape index (κ1) is 39.0. The van der Waals surface area contributed by atoms with Gasteiger partial charge in [0.05, 0.1) is 39.4 Å². The lowest BCUT2D eigenvalue weighted by Crippen LogP contribution is -2.53. The van der Waals surface area contributed by atoms with Crippen LogP contribution in [-0.4, -0.2) is 54.9 Å². The Labute approximate surface area is 347 Å². The molecule has 60 heavy (non-hydrogen) atoms. The molecule has 3 heterocycles. The van der Waals surface area contributed by atoms with Crippen LogP contribution in [0.25, 0.3) is 10.8 Å². The average molecular weight is 858 g/mol. The number of imide groups is 2. The molecule has 3 fully saturated rings. The number of anilines is 2. The van der Waals surface area contributed by atoms with Crippen molar-refractivity contribution in [3.63, 3.8) is 0 Å². The molecule has 2 aliphatic carbocycles. The Hall–Kier alpha value is -6.45. The zero-order chi connectivity index (χ0) is 42.6. The van der Waals surface area contributed by atoms with Crippen LogP contribution in [0.15, 0.2) is 103 Å². The number of allylic oxidation sites excluding steroid dienone is 2. The number of phenols is 2. The minimum atomic E-state index is -4.80. The number of alkyl halides is 3. The van der Waals surface area contributed by atoms with Crippen LogP contribution >= 0.6 is 23.2 Å². The molecule has 4 aromatic carbocycles. The summed E-state index contributed by atoms with van der Waals surface area (Å²) in [6, 6.07) is 20.4. The number of carbonyl (C=O) groups is 5.